The first-order valence-corrected chi connectivity index (χ1v) is 10.9. The lowest BCUT2D eigenvalue weighted by molar-refractivity contribution is -0.0511. The van der Waals surface area contributed by atoms with Gasteiger partial charge in [-0.2, -0.15) is 0 Å². The summed E-state index contributed by atoms with van der Waals surface area (Å²) in [6.45, 7) is -0.359. The molecule has 4 rings (SSSR count). The highest BCUT2D eigenvalue weighted by Gasteiger charge is 2.44. The van der Waals surface area contributed by atoms with Crippen molar-refractivity contribution in [2.24, 2.45) is 0 Å². The van der Waals surface area contributed by atoms with E-state index >= 15 is 0 Å². The van der Waals surface area contributed by atoms with E-state index in [1.807, 2.05) is 45.2 Å². The lowest BCUT2D eigenvalue weighted by atomic mass is 10.1. The maximum absolute atomic E-state index is 10.3. The summed E-state index contributed by atoms with van der Waals surface area (Å²) in [5.41, 5.74) is 1.03. The van der Waals surface area contributed by atoms with Gasteiger partial charge < -0.3 is 35.6 Å². The van der Waals surface area contributed by atoms with Crippen LogP contribution in [0.5, 0.6) is 11.5 Å². The number of aliphatic hydroxyl groups is 3. The van der Waals surface area contributed by atoms with Crippen LogP contribution in [0.4, 0.5) is 5.82 Å². The number of imidazole rings is 1. The number of hydrogen-bond donors (Lipinski definition) is 6. The Morgan fingerprint density at radius 1 is 1.07 bits per heavy atom. The van der Waals surface area contributed by atoms with Gasteiger partial charge in [0.05, 0.1) is 25.6 Å². The van der Waals surface area contributed by atoms with E-state index in [2.05, 4.69) is 20.3 Å². The smallest absolute Gasteiger partial charge is 0.167 e. The third-order valence-electron chi connectivity index (χ3n) is 4.86. The second-order valence-corrected chi connectivity index (χ2v) is 8.97. The zero-order valence-corrected chi connectivity index (χ0v) is 19.5. The van der Waals surface area contributed by atoms with Crippen molar-refractivity contribution in [3.63, 3.8) is 0 Å². The van der Waals surface area contributed by atoms with Crippen molar-refractivity contribution in [2.45, 2.75) is 31.1 Å². The highest BCUT2D eigenvalue weighted by molar-refractivity contribution is 14.1. The van der Waals surface area contributed by atoms with E-state index in [1.165, 1.54) is 17.2 Å². The fourth-order valence-corrected chi connectivity index (χ4v) is 5.14. The number of aliphatic hydroxyl groups excluding tert-OH is 3. The first-order chi connectivity index (χ1) is 14.3. The minimum Gasteiger partial charge on any atom is -0.506 e. The number of hydrogen-bond acceptors (Lipinski definition) is 10. The van der Waals surface area contributed by atoms with Crippen LogP contribution in [0, 0.1) is 7.14 Å². The van der Waals surface area contributed by atoms with Crippen molar-refractivity contribution in [1.82, 2.24) is 19.5 Å². The molecular formula is C17H17I2N5O6. The minimum absolute atomic E-state index is 0.0247. The van der Waals surface area contributed by atoms with Gasteiger partial charge in [0.2, 0.25) is 0 Å². The summed E-state index contributed by atoms with van der Waals surface area (Å²) in [5.74, 6) is 0.296. The van der Waals surface area contributed by atoms with E-state index < -0.39 is 31.1 Å². The van der Waals surface area contributed by atoms with E-state index in [0.717, 1.165) is 0 Å². The second kappa shape index (κ2) is 8.54. The number of fused-ring (bicyclic) bond motifs is 1. The number of nitrogens with zero attached hydrogens (tertiary/aromatic N) is 4. The fraction of sp³-hybridized carbons (Fsp3) is 0.353. The topological polar surface area (TPSA) is 166 Å². The van der Waals surface area contributed by atoms with Crippen molar-refractivity contribution in [2.75, 3.05) is 11.9 Å². The van der Waals surface area contributed by atoms with Crippen LogP contribution in [-0.4, -0.2) is 70.0 Å². The third kappa shape index (κ3) is 3.66. The van der Waals surface area contributed by atoms with Crippen LogP contribution >= 0.6 is 45.2 Å². The summed E-state index contributed by atoms with van der Waals surface area (Å²) in [6, 6.07) is 1.67. The minimum atomic E-state index is -1.27. The number of phenols is 2. The molecule has 1 saturated heterocycles. The van der Waals surface area contributed by atoms with E-state index in [0.29, 0.717) is 29.7 Å². The van der Waals surface area contributed by atoms with E-state index in [-0.39, 0.29) is 18.0 Å². The third-order valence-corrected chi connectivity index (χ3v) is 6.50. The number of halogens is 2. The van der Waals surface area contributed by atoms with Crippen LogP contribution in [0.25, 0.3) is 11.2 Å². The maximum atomic E-state index is 10.3. The van der Waals surface area contributed by atoms with Crippen molar-refractivity contribution in [1.29, 1.82) is 0 Å². The van der Waals surface area contributed by atoms with Crippen LogP contribution in [0.2, 0.25) is 0 Å². The molecule has 0 unspecified atom stereocenters. The lowest BCUT2D eigenvalue weighted by Crippen LogP contribution is -2.33. The van der Waals surface area contributed by atoms with E-state index in [9.17, 15) is 25.5 Å². The van der Waals surface area contributed by atoms with Gasteiger partial charge in [0.1, 0.15) is 36.1 Å². The molecular weight excluding hydrogens is 624 g/mol. The Morgan fingerprint density at radius 3 is 2.40 bits per heavy atom. The second-order valence-electron chi connectivity index (χ2n) is 6.64. The number of aromatic hydroxyl groups is 2. The Kier molecular flexibility index (Phi) is 6.18. The normalized spacial score (nSPS) is 23.9. The highest BCUT2D eigenvalue weighted by Crippen LogP contribution is 2.37. The van der Waals surface area contributed by atoms with Gasteiger partial charge >= 0.3 is 0 Å². The van der Waals surface area contributed by atoms with Crippen molar-refractivity contribution >= 4 is 62.2 Å². The Morgan fingerprint density at radius 2 is 1.77 bits per heavy atom. The van der Waals surface area contributed by atoms with Gasteiger partial charge in [0, 0.05) is 6.54 Å². The summed E-state index contributed by atoms with van der Waals surface area (Å²) in [7, 11) is 0. The molecule has 13 heteroatoms. The summed E-state index contributed by atoms with van der Waals surface area (Å²) in [5, 5.41) is 53.2. The van der Waals surface area contributed by atoms with Crippen LogP contribution in [0.3, 0.4) is 0 Å². The molecule has 1 fully saturated rings. The Hall–Kier alpha value is -1.53. The standard InChI is InChI=1S/C17H17I2N5O6/c18-7-1-8(19)12(27)6(11(7)26)2-20-15-10-16(22-4-21-15)24(5-23-10)17-14(29)13(28)9(3-25)30-17/h1,4-5,9,13-14,17,25-29H,2-3H2,(H,20,21,22)/t9-,13-,14-,17-/m1/s1. The Labute approximate surface area is 197 Å². The SMILES string of the molecule is OC[C@H]1O[C@@H](n2cnc3c(NCc4c(O)c(I)cc(I)c4O)ncnc32)[C@H](O)[C@@H]1O. The molecule has 30 heavy (non-hydrogen) atoms. The van der Waals surface area contributed by atoms with Gasteiger partial charge in [-0.25, -0.2) is 15.0 Å². The van der Waals surface area contributed by atoms with Crippen molar-refractivity contribution in [3.8, 4) is 11.5 Å². The summed E-state index contributed by atoms with van der Waals surface area (Å²) in [4.78, 5) is 12.6. The summed E-state index contributed by atoms with van der Waals surface area (Å²) in [6.07, 6.45) is -1.72. The number of aromatic nitrogens is 4. The largest absolute Gasteiger partial charge is 0.506 e. The molecule has 0 spiro atoms. The van der Waals surface area contributed by atoms with E-state index in [1.54, 1.807) is 6.07 Å². The molecule has 1 aliphatic rings. The van der Waals surface area contributed by atoms with Gasteiger partial charge in [-0.3, -0.25) is 4.57 Å². The molecule has 4 atom stereocenters. The Balaban J connectivity index is 1.64. The number of ether oxygens (including phenoxy) is 1. The molecule has 2 aromatic heterocycles. The average Bonchev–Trinajstić information content (AvgIpc) is 3.28. The molecule has 11 nitrogen and oxygen atoms in total. The highest BCUT2D eigenvalue weighted by atomic mass is 127. The molecule has 160 valence electrons. The summed E-state index contributed by atoms with van der Waals surface area (Å²) >= 11 is 3.97. The van der Waals surface area contributed by atoms with Crippen LogP contribution in [-0.2, 0) is 11.3 Å². The monoisotopic (exact) mass is 641 g/mol. The molecule has 0 saturated carbocycles. The molecule has 0 bridgehead atoms. The van der Waals surface area contributed by atoms with Crippen molar-refractivity contribution < 1.29 is 30.3 Å². The molecule has 1 aliphatic heterocycles. The summed E-state index contributed by atoms with van der Waals surface area (Å²) < 4.78 is 8.20. The molecule has 3 heterocycles. The van der Waals surface area contributed by atoms with Gasteiger partial charge in [0.25, 0.3) is 0 Å². The predicted octanol–water partition coefficient (Wildman–Crippen LogP) is 0.670. The molecule has 3 aromatic rings. The van der Waals surface area contributed by atoms with Crippen LogP contribution < -0.4 is 5.32 Å². The number of phenolic OH excluding ortho intramolecular Hbond substituents is 2. The van der Waals surface area contributed by atoms with E-state index in [4.69, 9.17) is 4.74 Å². The first kappa shape index (κ1) is 21.7. The van der Waals surface area contributed by atoms with Crippen molar-refractivity contribution in [3.05, 3.63) is 31.4 Å². The van der Waals surface area contributed by atoms with Gasteiger partial charge in [0.15, 0.2) is 23.2 Å². The number of anilines is 1. The molecule has 1 aromatic carbocycles. The molecule has 0 amide bonds. The number of nitrogens with one attached hydrogen (secondary N) is 1. The Bertz CT molecular complexity index is 1070. The quantitative estimate of drug-likeness (QED) is 0.218. The fourth-order valence-electron chi connectivity index (χ4n) is 3.27. The van der Waals surface area contributed by atoms with Gasteiger partial charge in [-0.15, -0.1) is 0 Å². The molecule has 6 N–H and O–H groups in total. The first-order valence-electron chi connectivity index (χ1n) is 8.76. The zero-order valence-electron chi connectivity index (χ0n) is 15.1. The van der Waals surface area contributed by atoms with Crippen LogP contribution in [0.15, 0.2) is 18.7 Å². The van der Waals surface area contributed by atoms with Crippen LogP contribution in [0.1, 0.15) is 11.8 Å². The lowest BCUT2D eigenvalue weighted by Gasteiger charge is -2.16. The molecule has 0 aliphatic carbocycles. The number of rotatable bonds is 5. The predicted molar refractivity (Wildman–Crippen MR) is 121 cm³/mol. The molecule has 0 radical (unpaired) electrons. The number of benzene rings is 1. The van der Waals surface area contributed by atoms with Gasteiger partial charge in [-0.1, -0.05) is 0 Å². The van der Waals surface area contributed by atoms with Gasteiger partial charge in [-0.05, 0) is 51.2 Å². The average molecular weight is 641 g/mol. The maximum Gasteiger partial charge on any atom is 0.167 e. The zero-order chi connectivity index (χ0) is 21.6.